The first-order valence-electron chi connectivity index (χ1n) is 10.1. The number of carbonyl (C=O) groups excluding carboxylic acids is 1. The van der Waals surface area contributed by atoms with Crippen LogP contribution in [0.4, 0.5) is 11.4 Å². The average molecular weight is 421 g/mol. The number of nitrogens with zero attached hydrogens (tertiary/aromatic N) is 2. The van der Waals surface area contributed by atoms with Gasteiger partial charge in [0.15, 0.2) is 5.78 Å². The lowest BCUT2D eigenvalue weighted by Gasteiger charge is -2.34. The summed E-state index contributed by atoms with van der Waals surface area (Å²) in [6.45, 7) is 2.08. The zero-order valence-corrected chi connectivity index (χ0v) is 18.5. The fourth-order valence-electron chi connectivity index (χ4n) is 4.39. The van der Waals surface area contributed by atoms with Gasteiger partial charge in [0.2, 0.25) is 0 Å². The molecule has 31 heavy (non-hydrogen) atoms. The molecule has 7 heteroatoms. The average Bonchev–Trinajstić information content (AvgIpc) is 3.30. The van der Waals surface area contributed by atoms with Crippen LogP contribution in [-0.2, 0) is 16.0 Å². The number of para-hydroxylation sites is 1. The minimum Gasteiger partial charge on any atom is -0.497 e. The van der Waals surface area contributed by atoms with Crippen molar-refractivity contribution in [3.63, 3.8) is 0 Å². The Labute approximate surface area is 182 Å². The summed E-state index contributed by atoms with van der Waals surface area (Å²) in [4.78, 5) is 20.3. The highest BCUT2D eigenvalue weighted by Crippen LogP contribution is 2.42. The maximum atomic E-state index is 13.9. The second-order valence-electron chi connectivity index (χ2n) is 7.80. The molecule has 1 fully saturated rings. The molecule has 4 rings (SSSR count). The van der Waals surface area contributed by atoms with Crippen LogP contribution in [0.2, 0.25) is 0 Å². The molecule has 2 aromatic carbocycles. The van der Waals surface area contributed by atoms with Crippen LogP contribution in [0.5, 0.6) is 11.5 Å². The van der Waals surface area contributed by atoms with Crippen molar-refractivity contribution in [2.75, 3.05) is 45.2 Å². The van der Waals surface area contributed by atoms with Crippen molar-refractivity contribution in [3.05, 3.63) is 59.3 Å². The Hall–Kier alpha value is -3.32. The number of Topliss-reactive ketones (excluding diaryl/α,β-unsaturated/α-hetero) is 1. The fraction of sp³-hybridized carbons (Fsp3) is 0.333. The van der Waals surface area contributed by atoms with Crippen molar-refractivity contribution >= 4 is 23.0 Å². The Bertz CT molecular complexity index is 1040. The van der Waals surface area contributed by atoms with Gasteiger partial charge in [-0.15, -0.1) is 0 Å². The van der Waals surface area contributed by atoms with E-state index in [4.69, 9.17) is 14.2 Å². The summed E-state index contributed by atoms with van der Waals surface area (Å²) in [6.07, 6.45) is 0.647. The van der Waals surface area contributed by atoms with Gasteiger partial charge in [-0.3, -0.25) is 9.79 Å². The molecule has 0 amide bonds. The first-order valence-corrected chi connectivity index (χ1v) is 10.1. The normalized spacial score (nSPS) is 23.8. The van der Waals surface area contributed by atoms with Crippen LogP contribution in [0, 0.1) is 0 Å². The van der Waals surface area contributed by atoms with Crippen molar-refractivity contribution in [3.8, 4) is 11.5 Å². The molecule has 0 radical (unpaired) electrons. The maximum Gasteiger partial charge on any atom is 0.196 e. The Morgan fingerprint density at radius 1 is 1.10 bits per heavy atom. The zero-order valence-electron chi connectivity index (χ0n) is 18.5. The predicted octanol–water partition coefficient (Wildman–Crippen LogP) is 3.45. The predicted molar refractivity (Wildman–Crippen MR) is 121 cm³/mol. The monoisotopic (exact) mass is 421 g/mol. The van der Waals surface area contributed by atoms with Gasteiger partial charge in [-0.2, -0.15) is 0 Å². The van der Waals surface area contributed by atoms with E-state index < -0.39 is 5.54 Å². The van der Waals surface area contributed by atoms with Crippen LogP contribution in [-0.4, -0.2) is 52.1 Å². The summed E-state index contributed by atoms with van der Waals surface area (Å²) in [7, 11) is 6.50. The molecule has 0 saturated carbocycles. The number of aliphatic imine (C=N–C) groups is 1. The standard InChI is InChI=1S/C24H27N3O4/c1-24(14-29-3)22(28)21(20-10-15-8-6-7-9-19(15)26-20)23(25-2)27(24)16-11-17(30-4)13-18(12-16)31-5/h6-9,11-13,26H,10,14H2,1-5H3/t24-/m1/s1. The number of methoxy groups -OCH3 is 3. The molecule has 0 bridgehead atoms. The summed E-state index contributed by atoms with van der Waals surface area (Å²) in [6, 6.07) is 13.6. The summed E-state index contributed by atoms with van der Waals surface area (Å²) >= 11 is 0. The second-order valence-corrected chi connectivity index (χ2v) is 7.80. The quantitative estimate of drug-likeness (QED) is 0.746. The number of carbonyl (C=O) groups is 1. The smallest absolute Gasteiger partial charge is 0.196 e. The van der Waals surface area contributed by atoms with E-state index in [0.717, 1.165) is 22.6 Å². The Morgan fingerprint density at radius 2 is 1.77 bits per heavy atom. The van der Waals surface area contributed by atoms with Crippen LogP contribution in [0.25, 0.3) is 0 Å². The van der Waals surface area contributed by atoms with E-state index in [1.54, 1.807) is 34.4 Å². The molecule has 0 spiro atoms. The van der Waals surface area contributed by atoms with E-state index in [-0.39, 0.29) is 12.4 Å². The van der Waals surface area contributed by atoms with E-state index in [1.807, 2.05) is 42.2 Å². The highest BCUT2D eigenvalue weighted by molar-refractivity contribution is 6.37. The Balaban J connectivity index is 1.89. The van der Waals surface area contributed by atoms with Gasteiger partial charge in [0.05, 0.1) is 32.1 Å². The number of fused-ring (bicyclic) bond motifs is 1. The molecule has 2 heterocycles. The topological polar surface area (TPSA) is 72.4 Å². The Kier molecular flexibility index (Phi) is 5.45. The van der Waals surface area contributed by atoms with Gasteiger partial charge < -0.3 is 24.4 Å². The van der Waals surface area contributed by atoms with Crippen LogP contribution in [0.15, 0.2) is 58.7 Å². The number of hydrogen-bond donors (Lipinski definition) is 1. The zero-order chi connectivity index (χ0) is 22.2. The highest BCUT2D eigenvalue weighted by Gasteiger charge is 2.53. The number of anilines is 2. The third kappa shape index (κ3) is 3.35. The molecular weight excluding hydrogens is 394 g/mol. The van der Waals surface area contributed by atoms with Crippen molar-refractivity contribution in [2.24, 2.45) is 4.99 Å². The molecule has 2 aromatic rings. The van der Waals surface area contributed by atoms with E-state index in [0.29, 0.717) is 29.3 Å². The van der Waals surface area contributed by atoms with Crippen molar-refractivity contribution in [2.45, 2.75) is 18.9 Å². The molecule has 1 atom stereocenters. The Morgan fingerprint density at radius 3 is 2.35 bits per heavy atom. The van der Waals surface area contributed by atoms with E-state index in [2.05, 4.69) is 16.4 Å². The number of allylic oxidation sites excluding steroid dienone is 1. The van der Waals surface area contributed by atoms with Crippen molar-refractivity contribution in [1.29, 1.82) is 0 Å². The lowest BCUT2D eigenvalue weighted by Crippen LogP contribution is -2.51. The molecule has 0 aliphatic carbocycles. The number of hydrogen-bond acceptors (Lipinski definition) is 6. The number of rotatable bonds is 5. The van der Waals surface area contributed by atoms with Gasteiger partial charge in [-0.25, -0.2) is 0 Å². The van der Waals surface area contributed by atoms with Crippen LogP contribution in [0.3, 0.4) is 0 Å². The molecule has 162 valence electrons. The molecule has 0 aromatic heterocycles. The molecule has 1 N–H and O–H groups in total. The van der Waals surface area contributed by atoms with Gasteiger partial charge in [0.25, 0.3) is 0 Å². The number of ether oxygens (including phenoxy) is 3. The van der Waals surface area contributed by atoms with E-state index in [9.17, 15) is 4.79 Å². The molecule has 2 aliphatic heterocycles. The minimum atomic E-state index is -0.972. The minimum absolute atomic E-state index is 0.0351. The largest absolute Gasteiger partial charge is 0.497 e. The van der Waals surface area contributed by atoms with Crippen LogP contribution in [0.1, 0.15) is 12.5 Å². The lowest BCUT2D eigenvalue weighted by molar-refractivity contribution is -0.120. The van der Waals surface area contributed by atoms with Gasteiger partial charge in [0, 0.05) is 50.2 Å². The highest BCUT2D eigenvalue weighted by atomic mass is 16.5. The SMILES string of the molecule is CN=C1C(=C2Cc3ccccc3N2)C(=O)[C@@](C)(COC)N1c1cc(OC)cc(OC)c1. The fourth-order valence-corrected chi connectivity index (χ4v) is 4.39. The summed E-state index contributed by atoms with van der Waals surface area (Å²) in [5.41, 5.74) is 3.38. The number of amidine groups is 1. The van der Waals surface area contributed by atoms with Gasteiger partial charge in [-0.05, 0) is 18.6 Å². The lowest BCUT2D eigenvalue weighted by atomic mass is 9.94. The van der Waals surface area contributed by atoms with E-state index >= 15 is 0 Å². The molecular formula is C24H27N3O4. The number of ketones is 1. The second kappa shape index (κ2) is 8.07. The maximum absolute atomic E-state index is 13.9. The van der Waals surface area contributed by atoms with Gasteiger partial charge in [0.1, 0.15) is 22.9 Å². The van der Waals surface area contributed by atoms with Crippen LogP contribution >= 0.6 is 0 Å². The first-order chi connectivity index (χ1) is 15.0. The molecule has 1 saturated heterocycles. The van der Waals surface area contributed by atoms with Crippen molar-refractivity contribution < 1.29 is 19.0 Å². The molecule has 0 unspecified atom stereocenters. The summed E-state index contributed by atoms with van der Waals surface area (Å²) in [5.74, 6) is 1.82. The molecule has 2 aliphatic rings. The third-order valence-corrected chi connectivity index (χ3v) is 5.85. The molecule has 7 nitrogen and oxygen atoms in total. The van der Waals surface area contributed by atoms with Crippen LogP contribution < -0.4 is 19.7 Å². The summed E-state index contributed by atoms with van der Waals surface area (Å²) in [5, 5.41) is 3.43. The van der Waals surface area contributed by atoms with Gasteiger partial charge >= 0.3 is 0 Å². The summed E-state index contributed by atoms with van der Waals surface area (Å²) < 4.78 is 16.4. The first kappa shape index (κ1) is 20.9. The van der Waals surface area contributed by atoms with Crippen molar-refractivity contribution in [1.82, 2.24) is 0 Å². The third-order valence-electron chi connectivity index (χ3n) is 5.85. The number of benzene rings is 2. The number of nitrogens with one attached hydrogen (secondary N) is 1. The van der Waals surface area contributed by atoms with Gasteiger partial charge in [-0.1, -0.05) is 18.2 Å². The van der Waals surface area contributed by atoms with E-state index in [1.165, 1.54) is 0 Å².